The minimum Gasteiger partial charge on any atom is -0.457 e. The minimum absolute atomic E-state index is 0.606. The molecule has 0 spiro atoms. The van der Waals surface area contributed by atoms with Gasteiger partial charge in [-0.25, -0.2) is 0 Å². The minimum atomic E-state index is 0.606. The van der Waals surface area contributed by atoms with Crippen molar-refractivity contribution in [2.24, 2.45) is 0 Å². The second kappa shape index (κ2) is 5.67. The fraction of sp³-hybridized carbons (Fsp3) is 0.0714. The molecule has 2 aromatic rings. The molecule has 0 radical (unpaired) electrons. The van der Waals surface area contributed by atoms with Crippen LogP contribution in [-0.2, 0) is 0 Å². The van der Waals surface area contributed by atoms with E-state index in [1.165, 1.54) is 0 Å². The van der Waals surface area contributed by atoms with Crippen LogP contribution in [0.15, 0.2) is 45.3 Å². The van der Waals surface area contributed by atoms with Gasteiger partial charge in [-0.2, -0.15) is 0 Å². The van der Waals surface area contributed by atoms with E-state index < -0.39 is 0 Å². The van der Waals surface area contributed by atoms with Crippen LogP contribution in [0.1, 0.15) is 15.9 Å². The van der Waals surface area contributed by atoms with Crippen molar-refractivity contribution < 1.29 is 9.53 Å². The smallest absolute Gasteiger partial charge is 0.151 e. The van der Waals surface area contributed by atoms with Crippen molar-refractivity contribution in [1.82, 2.24) is 0 Å². The summed E-state index contributed by atoms with van der Waals surface area (Å²) < 4.78 is 7.52. The van der Waals surface area contributed by atoms with Crippen molar-refractivity contribution in [2.75, 3.05) is 0 Å². The van der Waals surface area contributed by atoms with Crippen LogP contribution in [0.3, 0.4) is 0 Å². The molecule has 0 N–H and O–H groups in total. The van der Waals surface area contributed by atoms with E-state index in [1.54, 1.807) is 18.2 Å². The Hall–Kier alpha value is -1.13. The van der Waals surface area contributed by atoms with Crippen LogP contribution >= 0.6 is 31.9 Å². The average molecular weight is 370 g/mol. The maximum absolute atomic E-state index is 10.7. The Labute approximate surface area is 122 Å². The van der Waals surface area contributed by atoms with Crippen LogP contribution in [0.2, 0.25) is 0 Å². The van der Waals surface area contributed by atoms with E-state index in [2.05, 4.69) is 31.9 Å². The Morgan fingerprint density at radius 2 is 1.89 bits per heavy atom. The van der Waals surface area contributed by atoms with Crippen molar-refractivity contribution in [2.45, 2.75) is 6.92 Å². The standard InChI is InChI=1S/C14H10Br2O2/c1-9-6-11(15)3-5-14(9)18-12-4-2-10(8-17)13(16)7-12/h2-8H,1H3. The van der Waals surface area contributed by atoms with Crippen LogP contribution in [0, 0.1) is 6.92 Å². The highest BCUT2D eigenvalue weighted by molar-refractivity contribution is 9.10. The Bertz CT molecular complexity index is 594. The third-order valence-electron chi connectivity index (χ3n) is 2.46. The highest BCUT2D eigenvalue weighted by atomic mass is 79.9. The molecule has 0 saturated heterocycles. The van der Waals surface area contributed by atoms with E-state index in [-0.39, 0.29) is 0 Å². The summed E-state index contributed by atoms with van der Waals surface area (Å²) in [7, 11) is 0. The van der Waals surface area contributed by atoms with Crippen molar-refractivity contribution in [3.8, 4) is 11.5 Å². The molecule has 0 fully saturated rings. The number of hydrogen-bond acceptors (Lipinski definition) is 2. The Kier molecular flexibility index (Phi) is 4.19. The van der Waals surface area contributed by atoms with Crippen molar-refractivity contribution in [1.29, 1.82) is 0 Å². The zero-order valence-electron chi connectivity index (χ0n) is 9.61. The van der Waals surface area contributed by atoms with Gasteiger partial charge in [0.2, 0.25) is 0 Å². The molecule has 2 rings (SSSR count). The molecular formula is C14H10Br2O2. The molecule has 4 heteroatoms. The molecule has 2 aromatic carbocycles. The molecule has 0 aliphatic carbocycles. The number of rotatable bonds is 3. The van der Waals surface area contributed by atoms with Gasteiger partial charge in [0, 0.05) is 14.5 Å². The number of halogens is 2. The maximum atomic E-state index is 10.7. The number of aryl methyl sites for hydroxylation is 1. The van der Waals surface area contributed by atoms with Crippen LogP contribution < -0.4 is 4.74 Å². The van der Waals surface area contributed by atoms with Crippen LogP contribution in [0.5, 0.6) is 11.5 Å². The highest BCUT2D eigenvalue weighted by Crippen LogP contribution is 2.29. The van der Waals surface area contributed by atoms with E-state index in [4.69, 9.17) is 4.74 Å². The summed E-state index contributed by atoms with van der Waals surface area (Å²) in [6.45, 7) is 1.98. The van der Waals surface area contributed by atoms with Gasteiger partial charge in [-0.15, -0.1) is 0 Å². The summed E-state index contributed by atoms with van der Waals surface area (Å²) in [4.78, 5) is 10.7. The Balaban J connectivity index is 2.28. The van der Waals surface area contributed by atoms with Gasteiger partial charge in [0.15, 0.2) is 6.29 Å². The number of aldehydes is 1. The zero-order chi connectivity index (χ0) is 13.1. The second-order valence-electron chi connectivity index (χ2n) is 3.81. The summed E-state index contributed by atoms with van der Waals surface area (Å²) in [6.07, 6.45) is 0.804. The fourth-order valence-corrected chi connectivity index (χ4v) is 2.45. The molecule has 0 saturated carbocycles. The number of hydrogen-bond donors (Lipinski definition) is 0. The van der Waals surface area contributed by atoms with Crippen molar-refractivity contribution in [3.05, 3.63) is 56.5 Å². The van der Waals surface area contributed by atoms with E-state index in [9.17, 15) is 4.79 Å². The molecule has 0 bridgehead atoms. The topological polar surface area (TPSA) is 26.3 Å². The summed E-state index contributed by atoms with van der Waals surface area (Å²) in [6, 6.07) is 11.1. The third-order valence-corrected chi connectivity index (χ3v) is 3.64. The molecule has 0 amide bonds. The van der Waals surface area contributed by atoms with Gasteiger partial charge in [0.25, 0.3) is 0 Å². The first-order chi connectivity index (χ1) is 8.60. The lowest BCUT2D eigenvalue weighted by molar-refractivity contribution is 0.112. The lowest BCUT2D eigenvalue weighted by Gasteiger charge is -2.09. The number of carbonyl (C=O) groups excluding carboxylic acids is 1. The van der Waals surface area contributed by atoms with Crippen LogP contribution in [0.25, 0.3) is 0 Å². The Morgan fingerprint density at radius 3 is 2.50 bits per heavy atom. The SMILES string of the molecule is Cc1cc(Br)ccc1Oc1ccc(C=O)c(Br)c1. The molecule has 0 heterocycles. The van der Waals surface area contributed by atoms with E-state index in [0.29, 0.717) is 11.3 Å². The largest absolute Gasteiger partial charge is 0.457 e. The molecule has 18 heavy (non-hydrogen) atoms. The number of ether oxygens (including phenoxy) is 1. The van der Waals surface area contributed by atoms with Crippen molar-refractivity contribution >= 4 is 38.1 Å². The second-order valence-corrected chi connectivity index (χ2v) is 5.58. The van der Waals surface area contributed by atoms with E-state index in [0.717, 1.165) is 26.5 Å². The van der Waals surface area contributed by atoms with Gasteiger partial charge < -0.3 is 4.74 Å². The molecular weight excluding hydrogens is 360 g/mol. The summed E-state index contributed by atoms with van der Waals surface area (Å²) >= 11 is 6.74. The first-order valence-corrected chi connectivity index (χ1v) is 6.87. The van der Waals surface area contributed by atoms with Crippen LogP contribution in [-0.4, -0.2) is 6.29 Å². The third kappa shape index (κ3) is 3.00. The molecule has 0 aromatic heterocycles. The Morgan fingerprint density at radius 1 is 1.11 bits per heavy atom. The molecule has 92 valence electrons. The first-order valence-electron chi connectivity index (χ1n) is 5.29. The predicted molar refractivity (Wildman–Crippen MR) is 78.5 cm³/mol. The molecule has 0 unspecified atom stereocenters. The molecule has 0 atom stereocenters. The van der Waals surface area contributed by atoms with Crippen LogP contribution in [0.4, 0.5) is 0 Å². The first kappa shape index (κ1) is 13.3. The monoisotopic (exact) mass is 368 g/mol. The number of carbonyl (C=O) groups is 1. The van der Waals surface area contributed by atoms with Crippen molar-refractivity contribution in [3.63, 3.8) is 0 Å². The van der Waals surface area contributed by atoms with Gasteiger partial charge in [-0.3, -0.25) is 4.79 Å². The summed E-state index contributed by atoms with van der Waals surface area (Å²) in [5.41, 5.74) is 1.65. The predicted octanol–water partition coefficient (Wildman–Crippen LogP) is 5.12. The van der Waals surface area contributed by atoms with E-state index >= 15 is 0 Å². The summed E-state index contributed by atoms with van der Waals surface area (Å²) in [5.74, 6) is 1.49. The number of benzene rings is 2. The van der Waals surface area contributed by atoms with Gasteiger partial charge in [0.1, 0.15) is 11.5 Å². The molecule has 0 aliphatic rings. The normalized spacial score (nSPS) is 10.2. The highest BCUT2D eigenvalue weighted by Gasteiger charge is 2.05. The van der Waals surface area contributed by atoms with Gasteiger partial charge in [-0.05, 0) is 64.8 Å². The van der Waals surface area contributed by atoms with E-state index in [1.807, 2.05) is 25.1 Å². The van der Waals surface area contributed by atoms with Gasteiger partial charge >= 0.3 is 0 Å². The molecule has 2 nitrogen and oxygen atoms in total. The molecule has 0 aliphatic heterocycles. The quantitative estimate of drug-likeness (QED) is 0.701. The van der Waals surface area contributed by atoms with Gasteiger partial charge in [0.05, 0.1) is 0 Å². The van der Waals surface area contributed by atoms with Gasteiger partial charge in [-0.1, -0.05) is 15.9 Å². The summed E-state index contributed by atoms with van der Waals surface area (Å²) in [5, 5.41) is 0. The fourth-order valence-electron chi connectivity index (χ4n) is 1.52. The lowest BCUT2D eigenvalue weighted by atomic mass is 10.2. The zero-order valence-corrected chi connectivity index (χ0v) is 12.8. The lowest BCUT2D eigenvalue weighted by Crippen LogP contribution is -1.89. The average Bonchev–Trinajstić information content (AvgIpc) is 2.33. The maximum Gasteiger partial charge on any atom is 0.151 e.